The SMILES string of the molecule is Cl.O=C(Nc1cccc(C(=O)Nc2cc(C3=NCCN3)cc(C3=NCCN3)c2)c1)Nc1cccc(C(=O)Nc2cc(C3=NCCN3)cc(C3=NCCN3)c2)c1. The normalized spacial score (nSPS) is 15.4. The van der Waals surface area contributed by atoms with Crippen LogP contribution in [0.3, 0.4) is 0 Å². The Hall–Kier alpha value is -6.74. The molecular weight excluding hydrogens is 720 g/mol. The molecule has 0 unspecified atom stereocenters. The molecule has 8 N–H and O–H groups in total. The van der Waals surface area contributed by atoms with Gasteiger partial charge in [0, 0.05) is 82.3 Å². The van der Waals surface area contributed by atoms with E-state index in [0.29, 0.717) is 60.1 Å². The van der Waals surface area contributed by atoms with Crippen LogP contribution in [0.1, 0.15) is 43.0 Å². The number of anilines is 4. The van der Waals surface area contributed by atoms with Gasteiger partial charge in [0.15, 0.2) is 0 Å². The zero-order valence-electron chi connectivity index (χ0n) is 29.7. The number of benzene rings is 4. The van der Waals surface area contributed by atoms with Crippen LogP contribution >= 0.6 is 12.4 Å². The van der Waals surface area contributed by atoms with Gasteiger partial charge in [0.25, 0.3) is 11.8 Å². The minimum atomic E-state index is -0.538. The highest BCUT2D eigenvalue weighted by atomic mass is 35.5. The van der Waals surface area contributed by atoms with Gasteiger partial charge in [-0.25, -0.2) is 4.79 Å². The number of amides is 4. The second-order valence-corrected chi connectivity index (χ2v) is 12.9. The summed E-state index contributed by atoms with van der Waals surface area (Å²) in [4.78, 5) is 58.1. The van der Waals surface area contributed by atoms with Crippen molar-refractivity contribution >= 4 is 76.3 Å². The van der Waals surface area contributed by atoms with Gasteiger partial charge >= 0.3 is 6.03 Å². The van der Waals surface area contributed by atoms with E-state index in [4.69, 9.17) is 0 Å². The largest absolute Gasteiger partial charge is 0.368 e. The summed E-state index contributed by atoms with van der Waals surface area (Å²) in [6.07, 6.45) is 0. The van der Waals surface area contributed by atoms with Crippen molar-refractivity contribution < 1.29 is 14.4 Å². The van der Waals surface area contributed by atoms with Crippen LogP contribution in [0.15, 0.2) is 105 Å². The average Bonchev–Trinajstić information content (AvgIpc) is 4.03. The fraction of sp³-hybridized carbons (Fsp3) is 0.205. The molecule has 0 aromatic heterocycles. The maximum atomic E-state index is 13.4. The molecule has 8 rings (SSSR count). The molecule has 0 saturated carbocycles. The van der Waals surface area contributed by atoms with Crippen LogP contribution in [0.2, 0.25) is 0 Å². The number of urea groups is 1. The Morgan fingerprint density at radius 1 is 0.436 bits per heavy atom. The zero-order valence-corrected chi connectivity index (χ0v) is 30.5. The van der Waals surface area contributed by atoms with Crippen LogP contribution in [0, 0.1) is 0 Å². The molecule has 16 heteroatoms. The third kappa shape index (κ3) is 8.74. The van der Waals surface area contributed by atoms with Crippen LogP contribution in [-0.4, -0.2) is 93.5 Å². The number of hydrogen-bond acceptors (Lipinski definition) is 11. The van der Waals surface area contributed by atoms with Crippen LogP contribution in [0.4, 0.5) is 27.5 Å². The van der Waals surface area contributed by atoms with Crippen molar-refractivity contribution in [3.8, 4) is 0 Å². The molecule has 0 radical (unpaired) electrons. The van der Waals surface area contributed by atoms with Gasteiger partial charge in [-0.05, 0) is 72.8 Å². The first-order valence-electron chi connectivity index (χ1n) is 17.8. The Morgan fingerprint density at radius 3 is 1.09 bits per heavy atom. The first-order chi connectivity index (χ1) is 26.4. The van der Waals surface area contributed by atoms with Crippen LogP contribution in [-0.2, 0) is 0 Å². The molecule has 0 atom stereocenters. The van der Waals surface area contributed by atoms with Crippen molar-refractivity contribution in [1.29, 1.82) is 0 Å². The van der Waals surface area contributed by atoms with Crippen molar-refractivity contribution in [3.05, 3.63) is 118 Å². The van der Waals surface area contributed by atoms with Gasteiger partial charge in [0.05, 0.1) is 26.2 Å². The number of rotatable bonds is 10. The lowest BCUT2D eigenvalue weighted by Crippen LogP contribution is -2.23. The highest BCUT2D eigenvalue weighted by Crippen LogP contribution is 2.22. The number of nitrogens with one attached hydrogen (secondary N) is 8. The molecule has 4 aromatic carbocycles. The van der Waals surface area contributed by atoms with Crippen LogP contribution < -0.4 is 42.5 Å². The molecule has 15 nitrogen and oxygen atoms in total. The van der Waals surface area contributed by atoms with E-state index < -0.39 is 6.03 Å². The lowest BCUT2D eigenvalue weighted by Gasteiger charge is -2.13. The Kier molecular flexibility index (Phi) is 11.0. The lowest BCUT2D eigenvalue weighted by molar-refractivity contribution is 0.101. The molecule has 0 fully saturated rings. The summed E-state index contributed by atoms with van der Waals surface area (Å²) in [5.41, 5.74) is 6.13. The van der Waals surface area contributed by atoms with E-state index >= 15 is 0 Å². The minimum absolute atomic E-state index is 0. The minimum Gasteiger partial charge on any atom is -0.368 e. The van der Waals surface area contributed by atoms with Gasteiger partial charge in [-0.3, -0.25) is 29.6 Å². The second-order valence-electron chi connectivity index (χ2n) is 12.9. The lowest BCUT2D eigenvalue weighted by atomic mass is 10.1. The fourth-order valence-electron chi connectivity index (χ4n) is 6.49. The summed E-state index contributed by atoms with van der Waals surface area (Å²) in [5.74, 6) is 2.40. The Bertz CT molecular complexity index is 2040. The molecule has 0 aliphatic carbocycles. The third-order valence-corrected chi connectivity index (χ3v) is 8.94. The van der Waals surface area contributed by atoms with Gasteiger partial charge in [0.2, 0.25) is 0 Å². The monoisotopic (exact) mass is 758 g/mol. The van der Waals surface area contributed by atoms with E-state index in [1.807, 2.05) is 36.4 Å². The predicted octanol–water partition coefficient (Wildman–Crippen LogP) is 3.66. The van der Waals surface area contributed by atoms with Crippen LogP contribution in [0.25, 0.3) is 0 Å². The van der Waals surface area contributed by atoms with E-state index in [0.717, 1.165) is 71.8 Å². The summed E-state index contributed by atoms with van der Waals surface area (Å²) < 4.78 is 0. The quantitative estimate of drug-likeness (QED) is 0.121. The number of aliphatic imine (C=N–C) groups is 4. The number of halogens is 1. The molecule has 4 amide bonds. The Morgan fingerprint density at radius 2 is 0.782 bits per heavy atom. The molecule has 4 heterocycles. The summed E-state index contributed by atoms with van der Waals surface area (Å²) in [5, 5.41) is 24.7. The van der Waals surface area contributed by atoms with E-state index in [9.17, 15) is 14.4 Å². The van der Waals surface area contributed by atoms with Crippen molar-refractivity contribution in [2.45, 2.75) is 0 Å². The molecule has 4 aromatic rings. The van der Waals surface area contributed by atoms with Crippen molar-refractivity contribution in [3.63, 3.8) is 0 Å². The first-order valence-corrected chi connectivity index (χ1v) is 17.8. The fourth-order valence-corrected chi connectivity index (χ4v) is 6.49. The number of carbonyl (C=O) groups is 3. The summed E-state index contributed by atoms with van der Waals surface area (Å²) in [6, 6.07) is 24.2. The average molecular weight is 759 g/mol. The van der Waals surface area contributed by atoms with Crippen molar-refractivity contribution in [1.82, 2.24) is 21.3 Å². The first kappa shape index (κ1) is 36.6. The predicted molar refractivity (Wildman–Crippen MR) is 219 cm³/mol. The van der Waals surface area contributed by atoms with Gasteiger partial charge in [-0.1, -0.05) is 12.1 Å². The van der Waals surface area contributed by atoms with E-state index in [-0.39, 0.29) is 24.2 Å². The molecule has 280 valence electrons. The Labute approximate surface area is 323 Å². The number of amidine groups is 4. The molecule has 0 saturated heterocycles. The van der Waals surface area contributed by atoms with Gasteiger partial charge in [-0.2, -0.15) is 0 Å². The van der Waals surface area contributed by atoms with E-state index in [2.05, 4.69) is 62.5 Å². The topological polar surface area (TPSA) is 197 Å². The smallest absolute Gasteiger partial charge is 0.323 e. The molecule has 55 heavy (non-hydrogen) atoms. The number of hydrogen-bond donors (Lipinski definition) is 8. The maximum absolute atomic E-state index is 13.4. The van der Waals surface area contributed by atoms with Gasteiger partial charge < -0.3 is 42.5 Å². The number of nitrogens with zero attached hydrogens (tertiary/aromatic N) is 4. The number of carbonyl (C=O) groups excluding carboxylic acids is 3. The molecule has 0 bridgehead atoms. The second kappa shape index (κ2) is 16.5. The van der Waals surface area contributed by atoms with Gasteiger partial charge in [0.1, 0.15) is 23.3 Å². The molecule has 0 spiro atoms. The van der Waals surface area contributed by atoms with E-state index in [1.54, 1.807) is 48.5 Å². The van der Waals surface area contributed by atoms with E-state index in [1.165, 1.54) is 0 Å². The maximum Gasteiger partial charge on any atom is 0.323 e. The summed E-state index contributed by atoms with van der Waals surface area (Å²) >= 11 is 0. The van der Waals surface area contributed by atoms with Gasteiger partial charge in [-0.15, -0.1) is 12.4 Å². The van der Waals surface area contributed by atoms with Crippen molar-refractivity contribution in [2.75, 3.05) is 73.6 Å². The highest BCUT2D eigenvalue weighted by molar-refractivity contribution is 6.11. The van der Waals surface area contributed by atoms with Crippen molar-refractivity contribution in [2.24, 2.45) is 20.0 Å². The summed E-state index contributed by atoms with van der Waals surface area (Å²) in [6.45, 7) is 5.79. The highest BCUT2D eigenvalue weighted by Gasteiger charge is 2.19. The molecule has 4 aliphatic rings. The summed E-state index contributed by atoms with van der Waals surface area (Å²) in [7, 11) is 0. The Balaban J connectivity index is 0.00000465. The van der Waals surface area contributed by atoms with Crippen LogP contribution in [0.5, 0.6) is 0 Å². The molecular formula is C39H39ClN12O3. The third-order valence-electron chi connectivity index (χ3n) is 8.94. The molecule has 4 aliphatic heterocycles. The standard InChI is InChI=1S/C39H38N12O3.ClH/c52-37(48-31-19-25(33-40-7-8-41-33)15-26(20-31)34-42-9-10-43-34)23-3-1-5-29(17-23)50-39(54)51-30-6-2-4-24(18-30)38(53)49-32-21-27(35-44-11-12-45-35)16-28(22-32)36-46-13-14-47-36;/h1-6,15-22H,7-14H2,(H,40,41)(H,42,43)(H,44,45)(H,46,47)(H,48,52)(H,49,53)(H2,50,51,54);1H. The zero-order chi connectivity index (χ0) is 36.9.